The standard InChI is InChI=1S/C18H18N2O4/c1-23-13-5-3-11(4-6-13)17-18(20-10-21)16-12(9-19-17)7-14(24-2)8-15(16)22/h3-7,9-10,17,19H,8H2,1-2H3,(H,20,21). The number of dihydropyridines is 1. The molecular formula is C18H18N2O4. The molecule has 0 radical (unpaired) electrons. The average molecular weight is 326 g/mol. The van der Waals surface area contributed by atoms with Gasteiger partial charge in [-0.05, 0) is 23.8 Å². The van der Waals surface area contributed by atoms with E-state index in [-0.39, 0.29) is 18.2 Å². The van der Waals surface area contributed by atoms with Crippen molar-refractivity contribution in [2.24, 2.45) is 0 Å². The first-order chi connectivity index (χ1) is 11.7. The van der Waals surface area contributed by atoms with Gasteiger partial charge < -0.3 is 20.1 Å². The number of methoxy groups -OCH3 is 2. The second-order valence-corrected chi connectivity index (χ2v) is 5.44. The maximum absolute atomic E-state index is 12.5. The lowest BCUT2D eigenvalue weighted by Gasteiger charge is -2.30. The van der Waals surface area contributed by atoms with E-state index >= 15 is 0 Å². The van der Waals surface area contributed by atoms with E-state index in [2.05, 4.69) is 10.6 Å². The lowest BCUT2D eigenvalue weighted by atomic mass is 9.86. The first-order valence-corrected chi connectivity index (χ1v) is 7.50. The Bertz CT molecular complexity index is 760. The van der Waals surface area contributed by atoms with Crippen LogP contribution in [-0.2, 0) is 14.3 Å². The summed E-state index contributed by atoms with van der Waals surface area (Å²) in [4.78, 5) is 23.6. The Hall–Kier alpha value is -3.02. The predicted octanol–water partition coefficient (Wildman–Crippen LogP) is 1.73. The fraction of sp³-hybridized carbons (Fsp3) is 0.222. The van der Waals surface area contributed by atoms with Gasteiger partial charge in [0, 0.05) is 17.3 Å². The molecule has 1 aliphatic heterocycles. The van der Waals surface area contributed by atoms with Crippen LogP contribution >= 0.6 is 0 Å². The van der Waals surface area contributed by atoms with E-state index in [1.165, 1.54) is 7.11 Å². The third kappa shape index (κ3) is 2.78. The van der Waals surface area contributed by atoms with Crippen LogP contribution in [0.2, 0.25) is 0 Å². The van der Waals surface area contributed by atoms with Crippen molar-refractivity contribution in [3.8, 4) is 5.75 Å². The van der Waals surface area contributed by atoms with E-state index in [1.54, 1.807) is 19.4 Å². The lowest BCUT2D eigenvalue weighted by molar-refractivity contribution is -0.115. The smallest absolute Gasteiger partial charge is 0.211 e. The molecule has 124 valence electrons. The van der Waals surface area contributed by atoms with Crippen LogP contribution < -0.4 is 15.4 Å². The van der Waals surface area contributed by atoms with Crippen molar-refractivity contribution in [2.75, 3.05) is 14.2 Å². The molecule has 1 aromatic carbocycles. The number of carbonyl (C=O) groups excluding carboxylic acids is 2. The highest BCUT2D eigenvalue weighted by Crippen LogP contribution is 2.35. The first-order valence-electron chi connectivity index (χ1n) is 7.50. The quantitative estimate of drug-likeness (QED) is 0.806. The van der Waals surface area contributed by atoms with Crippen LogP contribution in [0.15, 0.2) is 59.1 Å². The molecule has 24 heavy (non-hydrogen) atoms. The van der Waals surface area contributed by atoms with Crippen LogP contribution in [0.4, 0.5) is 0 Å². The molecule has 1 heterocycles. The number of Topliss-reactive ketones (excluding diaryl/α,β-unsaturated/α-hetero) is 1. The predicted molar refractivity (Wildman–Crippen MR) is 87.9 cm³/mol. The minimum Gasteiger partial charge on any atom is -0.501 e. The monoisotopic (exact) mass is 326 g/mol. The van der Waals surface area contributed by atoms with Crippen LogP contribution in [0.25, 0.3) is 0 Å². The summed E-state index contributed by atoms with van der Waals surface area (Å²) in [5.74, 6) is 1.26. The Kier molecular flexibility index (Phi) is 4.37. The molecule has 0 saturated carbocycles. The van der Waals surface area contributed by atoms with E-state index in [1.807, 2.05) is 24.3 Å². The Balaban J connectivity index is 2.04. The molecule has 0 saturated heterocycles. The number of rotatable bonds is 5. The largest absolute Gasteiger partial charge is 0.501 e. The van der Waals surface area contributed by atoms with Crippen molar-refractivity contribution < 1.29 is 19.1 Å². The Labute approximate surface area is 139 Å². The Morgan fingerprint density at radius 1 is 1.21 bits per heavy atom. The number of hydrogen-bond acceptors (Lipinski definition) is 5. The van der Waals surface area contributed by atoms with Crippen LogP contribution in [-0.4, -0.2) is 26.4 Å². The van der Waals surface area contributed by atoms with E-state index in [4.69, 9.17) is 9.47 Å². The van der Waals surface area contributed by atoms with Crippen molar-refractivity contribution in [3.05, 3.63) is 64.7 Å². The highest BCUT2D eigenvalue weighted by Gasteiger charge is 2.32. The zero-order chi connectivity index (χ0) is 17.1. The number of fused-ring (bicyclic) bond motifs is 1. The average Bonchev–Trinajstić information content (AvgIpc) is 2.62. The van der Waals surface area contributed by atoms with Crippen LogP contribution in [0.3, 0.4) is 0 Å². The normalized spacial score (nSPS) is 19.6. The van der Waals surface area contributed by atoms with Gasteiger partial charge in [-0.3, -0.25) is 9.59 Å². The molecule has 0 fully saturated rings. The molecule has 0 bridgehead atoms. The number of allylic oxidation sites excluding steroid dienone is 4. The first kappa shape index (κ1) is 15.9. The molecule has 6 heteroatoms. The van der Waals surface area contributed by atoms with Crippen molar-refractivity contribution in [1.82, 2.24) is 10.6 Å². The number of ether oxygens (including phenoxy) is 2. The summed E-state index contributed by atoms with van der Waals surface area (Å²) in [7, 11) is 3.14. The van der Waals surface area contributed by atoms with E-state index < -0.39 is 0 Å². The molecule has 0 aromatic heterocycles. The fourth-order valence-electron chi connectivity index (χ4n) is 2.93. The van der Waals surface area contributed by atoms with Crippen LogP contribution in [0, 0.1) is 0 Å². The van der Waals surface area contributed by atoms with Gasteiger partial charge in [0.1, 0.15) is 11.5 Å². The highest BCUT2D eigenvalue weighted by atomic mass is 16.5. The Morgan fingerprint density at radius 3 is 2.58 bits per heavy atom. The lowest BCUT2D eigenvalue weighted by Crippen LogP contribution is -2.34. The van der Waals surface area contributed by atoms with Gasteiger partial charge in [0.25, 0.3) is 0 Å². The van der Waals surface area contributed by atoms with Gasteiger partial charge in [0.2, 0.25) is 6.41 Å². The van der Waals surface area contributed by atoms with Gasteiger partial charge in [-0.2, -0.15) is 0 Å². The van der Waals surface area contributed by atoms with Crippen molar-refractivity contribution in [3.63, 3.8) is 0 Å². The number of amides is 1. The molecular weight excluding hydrogens is 308 g/mol. The second kappa shape index (κ2) is 6.62. The molecule has 0 spiro atoms. The number of nitrogens with one attached hydrogen (secondary N) is 2. The maximum atomic E-state index is 12.5. The topological polar surface area (TPSA) is 76.7 Å². The molecule has 2 N–H and O–H groups in total. The maximum Gasteiger partial charge on any atom is 0.211 e. The van der Waals surface area contributed by atoms with Crippen LogP contribution in [0.1, 0.15) is 18.0 Å². The molecule has 1 atom stereocenters. The molecule has 1 aliphatic carbocycles. The van der Waals surface area contributed by atoms with Crippen molar-refractivity contribution in [2.45, 2.75) is 12.5 Å². The number of benzene rings is 1. The van der Waals surface area contributed by atoms with E-state index in [9.17, 15) is 9.59 Å². The van der Waals surface area contributed by atoms with Crippen molar-refractivity contribution >= 4 is 12.2 Å². The van der Waals surface area contributed by atoms with E-state index in [0.717, 1.165) is 11.3 Å². The SMILES string of the molecule is COC1=CC2=CNC(c3ccc(OC)cc3)C(NC=O)=C2C(=O)C1. The molecule has 1 aromatic rings. The Morgan fingerprint density at radius 2 is 1.96 bits per heavy atom. The summed E-state index contributed by atoms with van der Waals surface area (Å²) in [5, 5.41) is 5.94. The minimum absolute atomic E-state index is 0.0787. The van der Waals surface area contributed by atoms with Crippen molar-refractivity contribution in [1.29, 1.82) is 0 Å². The summed E-state index contributed by atoms with van der Waals surface area (Å²) in [5.41, 5.74) is 2.68. The fourth-order valence-corrected chi connectivity index (χ4v) is 2.93. The minimum atomic E-state index is -0.318. The summed E-state index contributed by atoms with van der Waals surface area (Å²) in [6, 6.07) is 7.15. The van der Waals surface area contributed by atoms with Gasteiger partial charge in [0.15, 0.2) is 5.78 Å². The summed E-state index contributed by atoms with van der Waals surface area (Å²) < 4.78 is 10.4. The van der Waals surface area contributed by atoms with Crippen LogP contribution in [0.5, 0.6) is 5.75 Å². The summed E-state index contributed by atoms with van der Waals surface area (Å²) >= 11 is 0. The summed E-state index contributed by atoms with van der Waals surface area (Å²) in [6.45, 7) is 0. The van der Waals surface area contributed by atoms with E-state index in [0.29, 0.717) is 29.0 Å². The molecule has 2 aliphatic rings. The molecule has 6 nitrogen and oxygen atoms in total. The third-order valence-electron chi connectivity index (χ3n) is 4.11. The zero-order valence-corrected chi connectivity index (χ0v) is 13.5. The van der Waals surface area contributed by atoms with Gasteiger partial charge in [-0.25, -0.2) is 0 Å². The number of carbonyl (C=O) groups is 2. The molecule has 1 amide bonds. The van der Waals surface area contributed by atoms with Gasteiger partial charge in [0.05, 0.1) is 32.4 Å². The van der Waals surface area contributed by atoms with Gasteiger partial charge >= 0.3 is 0 Å². The highest BCUT2D eigenvalue weighted by molar-refractivity contribution is 6.04. The van der Waals surface area contributed by atoms with Gasteiger partial charge in [-0.1, -0.05) is 12.1 Å². The number of ketones is 1. The zero-order valence-electron chi connectivity index (χ0n) is 13.5. The number of hydrogen-bond donors (Lipinski definition) is 2. The van der Waals surface area contributed by atoms with Gasteiger partial charge in [-0.15, -0.1) is 0 Å². The molecule has 3 rings (SSSR count). The molecule has 1 unspecified atom stereocenters. The third-order valence-corrected chi connectivity index (χ3v) is 4.11. The summed E-state index contributed by atoms with van der Waals surface area (Å²) in [6.07, 6.45) is 4.35. The second-order valence-electron chi connectivity index (χ2n) is 5.44.